The highest BCUT2D eigenvalue weighted by molar-refractivity contribution is 7.12. The standard InChI is InChI=1S/C20H20F3NO4S/c21-20(22,23)28-16-7-3-13(4-8-16)14-10-17(29-11-14)19(27)24-15-5-1-12(2-6-15)9-18(25)26/h3-4,7-8,10-12,15H,1-2,5-6,9H2,(H,24,27)(H,25,26). The number of ether oxygens (including phenoxy) is 1. The van der Waals surface area contributed by atoms with Crippen molar-refractivity contribution < 1.29 is 32.6 Å². The van der Waals surface area contributed by atoms with Crippen LogP contribution in [0, 0.1) is 5.92 Å². The summed E-state index contributed by atoms with van der Waals surface area (Å²) in [5.74, 6) is -1.12. The van der Waals surface area contributed by atoms with Crippen LogP contribution in [0.4, 0.5) is 13.2 Å². The lowest BCUT2D eigenvalue weighted by Crippen LogP contribution is -2.37. The lowest BCUT2D eigenvalue weighted by molar-refractivity contribution is -0.274. The topological polar surface area (TPSA) is 75.6 Å². The predicted molar refractivity (Wildman–Crippen MR) is 102 cm³/mol. The Kier molecular flexibility index (Phi) is 6.46. The van der Waals surface area contributed by atoms with Crippen LogP contribution in [0.2, 0.25) is 0 Å². The second-order valence-electron chi connectivity index (χ2n) is 7.06. The lowest BCUT2D eigenvalue weighted by atomic mass is 9.84. The fraction of sp³-hybridized carbons (Fsp3) is 0.400. The van der Waals surface area contributed by atoms with E-state index in [0.717, 1.165) is 31.2 Å². The van der Waals surface area contributed by atoms with Gasteiger partial charge in [-0.1, -0.05) is 12.1 Å². The first kappa shape index (κ1) is 21.2. The molecule has 0 aliphatic heterocycles. The third-order valence-corrected chi connectivity index (χ3v) is 5.82. The molecule has 3 rings (SSSR count). The van der Waals surface area contributed by atoms with E-state index in [1.54, 1.807) is 11.4 Å². The number of hydrogen-bond acceptors (Lipinski definition) is 4. The Morgan fingerprint density at radius 3 is 2.34 bits per heavy atom. The van der Waals surface area contributed by atoms with Crippen LogP contribution in [0.3, 0.4) is 0 Å². The zero-order valence-corrected chi connectivity index (χ0v) is 16.2. The Balaban J connectivity index is 1.56. The largest absolute Gasteiger partial charge is 0.573 e. The third kappa shape index (κ3) is 6.22. The van der Waals surface area contributed by atoms with E-state index >= 15 is 0 Å². The first-order valence-corrected chi connectivity index (χ1v) is 10.0. The number of carboxylic acids is 1. The van der Waals surface area contributed by atoms with Crippen LogP contribution >= 0.6 is 11.3 Å². The van der Waals surface area contributed by atoms with Crippen molar-refractivity contribution in [2.24, 2.45) is 5.92 Å². The van der Waals surface area contributed by atoms with Gasteiger partial charge in [-0.3, -0.25) is 9.59 Å². The minimum Gasteiger partial charge on any atom is -0.481 e. The molecule has 1 aromatic heterocycles. The monoisotopic (exact) mass is 427 g/mol. The van der Waals surface area contributed by atoms with Gasteiger partial charge in [-0.05, 0) is 66.3 Å². The molecule has 1 saturated carbocycles. The van der Waals surface area contributed by atoms with E-state index in [4.69, 9.17) is 5.11 Å². The fourth-order valence-corrected chi connectivity index (χ4v) is 4.29. The number of carbonyl (C=O) groups excluding carboxylic acids is 1. The number of amides is 1. The zero-order valence-electron chi connectivity index (χ0n) is 15.4. The van der Waals surface area contributed by atoms with Crippen molar-refractivity contribution >= 4 is 23.2 Å². The van der Waals surface area contributed by atoms with Crippen molar-refractivity contribution in [2.75, 3.05) is 0 Å². The molecule has 156 valence electrons. The van der Waals surface area contributed by atoms with Crippen molar-refractivity contribution in [3.63, 3.8) is 0 Å². The molecule has 0 atom stereocenters. The van der Waals surface area contributed by atoms with Gasteiger partial charge in [0.25, 0.3) is 5.91 Å². The number of carboxylic acid groups (broad SMARTS) is 1. The van der Waals surface area contributed by atoms with Crippen LogP contribution in [0.5, 0.6) is 5.75 Å². The summed E-state index contributed by atoms with van der Waals surface area (Å²) in [6.07, 6.45) is -1.51. The minimum absolute atomic E-state index is 0.0249. The van der Waals surface area contributed by atoms with E-state index in [-0.39, 0.29) is 30.0 Å². The molecule has 1 aromatic carbocycles. The van der Waals surface area contributed by atoms with Gasteiger partial charge in [-0.2, -0.15) is 0 Å². The summed E-state index contributed by atoms with van der Waals surface area (Å²) in [7, 11) is 0. The van der Waals surface area contributed by atoms with Crippen LogP contribution in [0.25, 0.3) is 11.1 Å². The van der Waals surface area contributed by atoms with E-state index in [0.29, 0.717) is 10.4 Å². The molecule has 2 aromatic rings. The quantitative estimate of drug-likeness (QED) is 0.674. The van der Waals surface area contributed by atoms with Gasteiger partial charge in [0.2, 0.25) is 0 Å². The molecule has 1 aliphatic rings. The number of alkyl halides is 3. The molecule has 1 aliphatic carbocycles. The lowest BCUT2D eigenvalue weighted by Gasteiger charge is -2.28. The summed E-state index contributed by atoms with van der Waals surface area (Å²) in [5.41, 5.74) is 1.42. The number of aliphatic carboxylic acids is 1. The fourth-order valence-electron chi connectivity index (χ4n) is 3.47. The van der Waals surface area contributed by atoms with Gasteiger partial charge in [0.1, 0.15) is 5.75 Å². The highest BCUT2D eigenvalue weighted by Gasteiger charge is 2.31. The van der Waals surface area contributed by atoms with Crippen LogP contribution < -0.4 is 10.1 Å². The van der Waals surface area contributed by atoms with Gasteiger partial charge in [0.15, 0.2) is 0 Å². The summed E-state index contributed by atoms with van der Waals surface area (Å²) in [6, 6.07) is 7.21. The molecule has 0 spiro atoms. The van der Waals surface area contributed by atoms with Crippen molar-refractivity contribution in [3.8, 4) is 16.9 Å². The Labute approximate surface area is 169 Å². The second kappa shape index (κ2) is 8.86. The van der Waals surface area contributed by atoms with Crippen LogP contribution in [-0.2, 0) is 4.79 Å². The van der Waals surface area contributed by atoms with E-state index in [1.807, 2.05) is 0 Å². The van der Waals surface area contributed by atoms with Crippen LogP contribution in [-0.4, -0.2) is 29.4 Å². The smallest absolute Gasteiger partial charge is 0.481 e. The Bertz CT molecular complexity index is 855. The van der Waals surface area contributed by atoms with Gasteiger partial charge in [-0.15, -0.1) is 24.5 Å². The van der Waals surface area contributed by atoms with E-state index < -0.39 is 12.3 Å². The van der Waals surface area contributed by atoms with E-state index in [9.17, 15) is 22.8 Å². The molecule has 2 N–H and O–H groups in total. The number of carbonyl (C=O) groups is 2. The molecule has 1 heterocycles. The molecule has 0 bridgehead atoms. The van der Waals surface area contributed by atoms with Crippen LogP contribution in [0.15, 0.2) is 35.7 Å². The average Bonchev–Trinajstić information content (AvgIpc) is 3.12. The zero-order chi connectivity index (χ0) is 21.0. The molecule has 0 unspecified atom stereocenters. The van der Waals surface area contributed by atoms with Gasteiger partial charge >= 0.3 is 12.3 Å². The number of thiophene rings is 1. The van der Waals surface area contributed by atoms with Crippen molar-refractivity contribution in [1.29, 1.82) is 0 Å². The summed E-state index contributed by atoms with van der Waals surface area (Å²) < 4.78 is 40.6. The van der Waals surface area contributed by atoms with Gasteiger partial charge in [0, 0.05) is 12.5 Å². The Morgan fingerprint density at radius 1 is 1.10 bits per heavy atom. The normalized spacial score (nSPS) is 19.6. The van der Waals surface area contributed by atoms with Crippen molar-refractivity contribution in [2.45, 2.75) is 44.5 Å². The van der Waals surface area contributed by atoms with Crippen molar-refractivity contribution in [1.82, 2.24) is 5.32 Å². The summed E-state index contributed by atoms with van der Waals surface area (Å²) in [6.45, 7) is 0. The van der Waals surface area contributed by atoms with E-state index in [1.165, 1.54) is 35.6 Å². The molecule has 1 fully saturated rings. The summed E-state index contributed by atoms with van der Waals surface area (Å²) >= 11 is 1.26. The molecule has 0 saturated heterocycles. The molecule has 5 nitrogen and oxygen atoms in total. The predicted octanol–water partition coefficient (Wildman–Crippen LogP) is 5.08. The molecular formula is C20H20F3NO4S. The maximum absolute atomic E-state index is 12.5. The Morgan fingerprint density at radius 2 is 1.76 bits per heavy atom. The number of hydrogen-bond donors (Lipinski definition) is 2. The maximum Gasteiger partial charge on any atom is 0.573 e. The number of rotatable bonds is 6. The summed E-state index contributed by atoms with van der Waals surface area (Å²) in [4.78, 5) is 23.8. The molecule has 29 heavy (non-hydrogen) atoms. The molecule has 1 amide bonds. The molecule has 0 radical (unpaired) electrons. The minimum atomic E-state index is -4.73. The molecular weight excluding hydrogens is 407 g/mol. The Hall–Kier alpha value is -2.55. The summed E-state index contributed by atoms with van der Waals surface area (Å²) in [5, 5.41) is 13.6. The number of halogens is 3. The average molecular weight is 427 g/mol. The third-order valence-electron chi connectivity index (χ3n) is 4.89. The van der Waals surface area contributed by atoms with Gasteiger partial charge < -0.3 is 15.2 Å². The highest BCUT2D eigenvalue weighted by Crippen LogP contribution is 2.30. The highest BCUT2D eigenvalue weighted by atomic mass is 32.1. The maximum atomic E-state index is 12.5. The van der Waals surface area contributed by atoms with Crippen LogP contribution in [0.1, 0.15) is 41.8 Å². The number of benzene rings is 1. The molecule has 9 heteroatoms. The van der Waals surface area contributed by atoms with Gasteiger partial charge in [0.05, 0.1) is 4.88 Å². The van der Waals surface area contributed by atoms with E-state index in [2.05, 4.69) is 10.1 Å². The van der Waals surface area contributed by atoms with Crippen molar-refractivity contribution in [3.05, 3.63) is 40.6 Å². The SMILES string of the molecule is O=C(O)CC1CCC(NC(=O)c2cc(-c3ccc(OC(F)(F)F)cc3)cs2)CC1. The first-order chi connectivity index (χ1) is 13.7. The number of nitrogens with one attached hydrogen (secondary N) is 1. The first-order valence-electron chi connectivity index (χ1n) is 9.17. The van der Waals surface area contributed by atoms with Gasteiger partial charge in [-0.25, -0.2) is 0 Å². The second-order valence-corrected chi connectivity index (χ2v) is 7.97.